The van der Waals surface area contributed by atoms with Gasteiger partial charge in [0, 0.05) is 0 Å². The summed E-state index contributed by atoms with van der Waals surface area (Å²) in [4.78, 5) is 10.5. The number of carbonyl (C=O) groups is 1. The van der Waals surface area contributed by atoms with Crippen molar-refractivity contribution in [1.82, 2.24) is 5.32 Å². The van der Waals surface area contributed by atoms with Crippen LogP contribution < -0.4 is 5.32 Å². The summed E-state index contributed by atoms with van der Waals surface area (Å²) in [7, 11) is -3.31. The van der Waals surface area contributed by atoms with E-state index in [1.165, 1.54) is 0 Å². The number of carbonyl (C=O) groups excluding carboxylic acids is 1. The molecule has 1 saturated heterocycles. The molecule has 1 amide bonds. The first-order valence-corrected chi connectivity index (χ1v) is 6.00. The van der Waals surface area contributed by atoms with Crippen LogP contribution in [0, 0.1) is 0 Å². The Kier molecular flexibility index (Phi) is 3.31. The minimum Gasteiger partial charge on any atom is -0.346 e. The van der Waals surface area contributed by atoms with Gasteiger partial charge in [0.2, 0.25) is 0 Å². The van der Waals surface area contributed by atoms with E-state index in [-0.39, 0.29) is 11.5 Å². The summed E-state index contributed by atoms with van der Waals surface area (Å²) in [5.41, 5.74) is 0. The molecule has 14 heavy (non-hydrogen) atoms. The number of sulfone groups is 1. The second-order valence-electron chi connectivity index (χ2n) is 3.01. The van der Waals surface area contributed by atoms with Crippen LogP contribution in [0.2, 0.25) is 0 Å². The summed E-state index contributed by atoms with van der Waals surface area (Å²) >= 11 is 5.57. The van der Waals surface area contributed by atoms with E-state index in [0.717, 1.165) is 0 Å². The highest BCUT2D eigenvalue weighted by Gasteiger charge is 2.38. The number of amides is 1. The molecule has 2 atom stereocenters. The number of hydrogen-bond donors (Lipinski definition) is 1. The molecule has 0 radical (unpaired) electrons. The maximum Gasteiger partial charge on any atom is 0.315 e. The van der Waals surface area contributed by atoms with Gasteiger partial charge in [0.25, 0.3) is 5.91 Å². The zero-order valence-corrected chi connectivity index (χ0v) is 8.49. The molecule has 0 aliphatic carbocycles. The van der Waals surface area contributed by atoms with Crippen LogP contribution in [-0.2, 0) is 14.6 Å². The first-order valence-electron chi connectivity index (χ1n) is 3.75. The molecular formula is C6H8ClF2NO3S. The van der Waals surface area contributed by atoms with Crippen molar-refractivity contribution < 1.29 is 22.0 Å². The highest BCUT2D eigenvalue weighted by molar-refractivity contribution is 7.91. The Hall–Kier alpha value is -0.430. The summed E-state index contributed by atoms with van der Waals surface area (Å²) in [5, 5.41) is 1.05. The van der Waals surface area contributed by atoms with Crippen molar-refractivity contribution in [1.29, 1.82) is 0 Å². The maximum atomic E-state index is 11.8. The van der Waals surface area contributed by atoms with Crippen LogP contribution in [0.3, 0.4) is 0 Å². The summed E-state index contributed by atoms with van der Waals surface area (Å²) < 4.78 is 45.6. The first-order chi connectivity index (χ1) is 6.32. The lowest BCUT2D eigenvalue weighted by Crippen LogP contribution is -2.43. The number of nitrogens with one attached hydrogen (secondary N) is 1. The maximum absolute atomic E-state index is 11.8. The largest absolute Gasteiger partial charge is 0.346 e. The molecule has 82 valence electrons. The monoisotopic (exact) mass is 247 g/mol. The minimum atomic E-state index is -3.31. The highest BCUT2D eigenvalue weighted by Crippen LogP contribution is 2.18. The van der Waals surface area contributed by atoms with E-state index in [9.17, 15) is 22.0 Å². The van der Waals surface area contributed by atoms with E-state index in [0.29, 0.717) is 0 Å². The van der Waals surface area contributed by atoms with Gasteiger partial charge in [0.05, 0.1) is 22.9 Å². The molecule has 1 aliphatic rings. The quantitative estimate of drug-likeness (QED) is 0.686. The molecule has 4 nitrogen and oxygen atoms in total. The Bertz CT molecular complexity index is 332. The van der Waals surface area contributed by atoms with Crippen molar-refractivity contribution in [3.05, 3.63) is 0 Å². The molecule has 0 saturated carbocycles. The van der Waals surface area contributed by atoms with Gasteiger partial charge in [-0.1, -0.05) is 0 Å². The smallest absolute Gasteiger partial charge is 0.315 e. The first kappa shape index (κ1) is 11.6. The third-order valence-electron chi connectivity index (χ3n) is 1.81. The summed E-state index contributed by atoms with van der Waals surface area (Å²) in [5.74, 6) is -2.15. The molecule has 1 aliphatic heterocycles. The Morgan fingerprint density at radius 1 is 1.43 bits per heavy atom. The van der Waals surface area contributed by atoms with Gasteiger partial charge in [-0.05, 0) is 0 Å². The molecule has 0 aromatic carbocycles. The molecule has 0 spiro atoms. The summed E-state index contributed by atoms with van der Waals surface area (Å²) in [6.07, 6.45) is -3.15. The second-order valence-corrected chi connectivity index (χ2v) is 5.72. The number of halogens is 3. The zero-order chi connectivity index (χ0) is 10.9. The van der Waals surface area contributed by atoms with Crippen LogP contribution in [0.4, 0.5) is 8.78 Å². The van der Waals surface area contributed by atoms with Gasteiger partial charge >= 0.3 is 6.43 Å². The SMILES string of the molecule is O=C(NC1CS(=O)(=O)CC1Cl)C(F)F. The lowest BCUT2D eigenvalue weighted by atomic mass is 10.2. The molecule has 1 heterocycles. The fourth-order valence-corrected chi connectivity index (χ4v) is 3.73. The molecule has 1 N–H and O–H groups in total. The van der Waals surface area contributed by atoms with Crippen LogP contribution in [0.25, 0.3) is 0 Å². The van der Waals surface area contributed by atoms with E-state index in [1.807, 2.05) is 5.32 Å². The van der Waals surface area contributed by atoms with Crippen molar-refractivity contribution >= 4 is 27.3 Å². The predicted octanol–water partition coefficient (Wildman–Crippen LogP) is -0.228. The predicted molar refractivity (Wildman–Crippen MR) is 46.2 cm³/mol. The summed E-state index contributed by atoms with van der Waals surface area (Å²) in [6.45, 7) is 0. The van der Waals surface area contributed by atoms with Crippen LogP contribution in [0.15, 0.2) is 0 Å². The third-order valence-corrected chi connectivity index (χ3v) is 4.18. The lowest BCUT2D eigenvalue weighted by molar-refractivity contribution is -0.132. The average Bonchev–Trinajstić information content (AvgIpc) is 2.24. The molecule has 2 unspecified atom stereocenters. The van der Waals surface area contributed by atoms with Crippen LogP contribution in [0.5, 0.6) is 0 Å². The van der Waals surface area contributed by atoms with Crippen molar-refractivity contribution in [3.63, 3.8) is 0 Å². The van der Waals surface area contributed by atoms with Gasteiger partial charge in [-0.2, -0.15) is 8.78 Å². The van der Waals surface area contributed by atoms with E-state index in [1.54, 1.807) is 0 Å². The Morgan fingerprint density at radius 3 is 2.36 bits per heavy atom. The molecule has 0 aromatic rings. The van der Waals surface area contributed by atoms with Gasteiger partial charge in [-0.25, -0.2) is 8.42 Å². The van der Waals surface area contributed by atoms with Crippen molar-refractivity contribution in [2.24, 2.45) is 0 Å². The average molecular weight is 248 g/mol. The lowest BCUT2D eigenvalue weighted by Gasteiger charge is -2.13. The molecular weight excluding hydrogens is 240 g/mol. The molecule has 0 bridgehead atoms. The number of alkyl halides is 3. The van der Waals surface area contributed by atoms with Gasteiger partial charge in [0.1, 0.15) is 0 Å². The van der Waals surface area contributed by atoms with E-state index in [2.05, 4.69) is 0 Å². The van der Waals surface area contributed by atoms with Crippen molar-refractivity contribution in [3.8, 4) is 0 Å². The van der Waals surface area contributed by atoms with Gasteiger partial charge in [0.15, 0.2) is 9.84 Å². The van der Waals surface area contributed by atoms with Crippen molar-refractivity contribution in [2.45, 2.75) is 17.8 Å². The minimum absolute atomic E-state index is 0.289. The number of hydrogen-bond acceptors (Lipinski definition) is 3. The van der Waals surface area contributed by atoms with Crippen molar-refractivity contribution in [2.75, 3.05) is 11.5 Å². The fourth-order valence-electron chi connectivity index (χ4n) is 1.18. The Balaban J connectivity index is 2.60. The standard InChI is InChI=1S/C6H8ClF2NO3S/c7-3-1-14(12,13)2-4(3)10-6(11)5(8)9/h3-5H,1-2H2,(H,10,11). The molecule has 8 heteroatoms. The van der Waals surface area contributed by atoms with E-state index < -0.39 is 33.6 Å². The normalized spacial score (nSPS) is 30.6. The summed E-state index contributed by atoms with van der Waals surface area (Å²) in [6, 6.07) is -0.914. The highest BCUT2D eigenvalue weighted by atomic mass is 35.5. The van der Waals surface area contributed by atoms with E-state index in [4.69, 9.17) is 11.6 Å². The van der Waals surface area contributed by atoms with Gasteiger partial charge < -0.3 is 5.32 Å². The molecule has 1 rings (SSSR count). The van der Waals surface area contributed by atoms with Crippen LogP contribution >= 0.6 is 11.6 Å². The van der Waals surface area contributed by atoms with Crippen LogP contribution in [0.1, 0.15) is 0 Å². The topological polar surface area (TPSA) is 63.2 Å². The third kappa shape index (κ3) is 2.78. The zero-order valence-electron chi connectivity index (χ0n) is 6.91. The molecule has 0 aromatic heterocycles. The van der Waals surface area contributed by atoms with Crippen LogP contribution in [-0.4, -0.2) is 43.7 Å². The van der Waals surface area contributed by atoms with Gasteiger partial charge in [-0.15, -0.1) is 11.6 Å². The fraction of sp³-hybridized carbons (Fsp3) is 0.833. The number of rotatable bonds is 2. The Morgan fingerprint density at radius 2 is 2.00 bits per heavy atom. The Labute approximate surface area is 84.5 Å². The second kappa shape index (κ2) is 3.98. The molecule has 1 fully saturated rings. The van der Waals surface area contributed by atoms with Gasteiger partial charge in [-0.3, -0.25) is 4.79 Å². The van der Waals surface area contributed by atoms with E-state index >= 15 is 0 Å².